The van der Waals surface area contributed by atoms with Crippen LogP contribution in [0.5, 0.6) is 0 Å². The number of carbonyl (C=O) groups excluding carboxylic acids is 1. The van der Waals surface area contributed by atoms with Gasteiger partial charge in [-0.25, -0.2) is 12.8 Å². The fourth-order valence-corrected chi connectivity index (χ4v) is 4.69. The van der Waals surface area contributed by atoms with Crippen molar-refractivity contribution < 1.29 is 17.6 Å². The van der Waals surface area contributed by atoms with Crippen molar-refractivity contribution in [3.63, 3.8) is 0 Å². The second-order valence-corrected chi connectivity index (χ2v) is 8.69. The molecule has 0 atom stereocenters. The van der Waals surface area contributed by atoms with Crippen molar-refractivity contribution in [2.24, 2.45) is 0 Å². The van der Waals surface area contributed by atoms with Crippen molar-refractivity contribution in [2.45, 2.75) is 43.5 Å². The largest absolute Gasteiger partial charge is 0.352 e. The van der Waals surface area contributed by atoms with Gasteiger partial charge in [-0.05, 0) is 44.0 Å². The number of rotatable bonds is 6. The van der Waals surface area contributed by atoms with Gasteiger partial charge in [0.05, 0.1) is 10.6 Å². The predicted octanol–water partition coefficient (Wildman–Crippen LogP) is 3.39. The molecule has 0 bridgehead atoms. The Labute approximate surface area is 159 Å². The molecule has 7 heteroatoms. The van der Waals surface area contributed by atoms with E-state index in [0.29, 0.717) is 0 Å². The smallest absolute Gasteiger partial charge is 0.264 e. The Kier molecular flexibility index (Phi) is 5.79. The molecule has 1 saturated carbocycles. The van der Waals surface area contributed by atoms with Crippen LogP contribution in [0.2, 0.25) is 0 Å². The molecule has 0 saturated heterocycles. The van der Waals surface area contributed by atoms with E-state index >= 15 is 0 Å². The van der Waals surface area contributed by atoms with Gasteiger partial charge >= 0.3 is 0 Å². The lowest BCUT2D eigenvalue weighted by molar-refractivity contribution is -0.120. The molecular formula is C20H23FN2O3S. The Morgan fingerprint density at radius 2 is 1.74 bits per heavy atom. The highest BCUT2D eigenvalue weighted by Gasteiger charge is 2.30. The van der Waals surface area contributed by atoms with Gasteiger partial charge in [-0.1, -0.05) is 42.7 Å². The maximum absolute atomic E-state index is 14.4. The van der Waals surface area contributed by atoms with Crippen LogP contribution in [0.3, 0.4) is 0 Å². The molecule has 0 unspecified atom stereocenters. The number of aryl methyl sites for hydroxylation is 1. The molecule has 27 heavy (non-hydrogen) atoms. The molecule has 144 valence electrons. The van der Waals surface area contributed by atoms with E-state index in [2.05, 4.69) is 5.32 Å². The summed E-state index contributed by atoms with van der Waals surface area (Å²) in [6, 6.07) is 11.9. The summed E-state index contributed by atoms with van der Waals surface area (Å²) in [6.45, 7) is 1.38. The first-order chi connectivity index (χ1) is 12.9. The molecule has 1 aliphatic rings. The van der Waals surface area contributed by atoms with Crippen LogP contribution in [-0.2, 0) is 14.8 Å². The SMILES string of the molecule is Cc1ccc(S(=O)(=O)N(CC(=O)NC2CCCC2)c2ccccc2F)cc1. The minimum Gasteiger partial charge on any atom is -0.352 e. The average Bonchev–Trinajstić information content (AvgIpc) is 3.13. The lowest BCUT2D eigenvalue weighted by Gasteiger charge is -2.25. The third-order valence-electron chi connectivity index (χ3n) is 4.74. The second kappa shape index (κ2) is 8.08. The van der Waals surface area contributed by atoms with Crippen molar-refractivity contribution in [2.75, 3.05) is 10.8 Å². The highest BCUT2D eigenvalue weighted by molar-refractivity contribution is 7.92. The van der Waals surface area contributed by atoms with E-state index in [0.717, 1.165) is 35.6 Å². The standard InChI is InChI=1S/C20H23FN2O3S/c1-15-10-12-17(13-11-15)27(25,26)23(19-9-5-4-8-18(19)21)14-20(24)22-16-6-2-3-7-16/h4-5,8-13,16H,2-3,6-7,14H2,1H3,(H,22,24). The summed E-state index contributed by atoms with van der Waals surface area (Å²) in [5, 5.41) is 2.86. The van der Waals surface area contributed by atoms with Crippen LogP contribution in [0.15, 0.2) is 53.4 Å². The van der Waals surface area contributed by atoms with Gasteiger partial charge < -0.3 is 5.32 Å². The first kappa shape index (κ1) is 19.4. The summed E-state index contributed by atoms with van der Waals surface area (Å²) >= 11 is 0. The van der Waals surface area contributed by atoms with Crippen LogP contribution >= 0.6 is 0 Å². The lowest BCUT2D eigenvalue weighted by atomic mass is 10.2. The summed E-state index contributed by atoms with van der Waals surface area (Å²) in [6.07, 6.45) is 3.86. The fourth-order valence-electron chi connectivity index (χ4n) is 3.26. The molecule has 0 spiro atoms. The quantitative estimate of drug-likeness (QED) is 0.822. The molecule has 1 fully saturated rings. The number of hydrogen-bond acceptors (Lipinski definition) is 3. The minimum absolute atomic E-state index is 0.0185. The van der Waals surface area contributed by atoms with Gasteiger partial charge in [0.15, 0.2) is 0 Å². The van der Waals surface area contributed by atoms with Gasteiger partial charge in [-0.15, -0.1) is 0 Å². The van der Waals surface area contributed by atoms with Crippen LogP contribution in [0.1, 0.15) is 31.2 Å². The van der Waals surface area contributed by atoms with Crippen LogP contribution in [0, 0.1) is 12.7 Å². The second-order valence-electron chi connectivity index (χ2n) is 6.83. The van der Waals surface area contributed by atoms with Gasteiger partial charge in [0.2, 0.25) is 5.91 Å². The van der Waals surface area contributed by atoms with E-state index < -0.39 is 28.3 Å². The fraction of sp³-hybridized carbons (Fsp3) is 0.350. The van der Waals surface area contributed by atoms with Gasteiger partial charge in [-0.3, -0.25) is 9.10 Å². The van der Waals surface area contributed by atoms with E-state index in [9.17, 15) is 17.6 Å². The molecule has 2 aromatic carbocycles. The van der Waals surface area contributed by atoms with E-state index in [1.807, 2.05) is 6.92 Å². The van der Waals surface area contributed by atoms with Crippen LogP contribution in [0.4, 0.5) is 10.1 Å². The van der Waals surface area contributed by atoms with E-state index in [4.69, 9.17) is 0 Å². The van der Waals surface area contributed by atoms with Crippen molar-refractivity contribution >= 4 is 21.6 Å². The molecule has 3 rings (SSSR count). The van der Waals surface area contributed by atoms with Crippen molar-refractivity contribution in [3.8, 4) is 0 Å². The summed E-state index contributed by atoms with van der Waals surface area (Å²) in [5.41, 5.74) is 0.769. The molecule has 0 radical (unpaired) electrons. The number of carbonyl (C=O) groups is 1. The number of amides is 1. The number of sulfonamides is 1. The first-order valence-corrected chi connectivity index (χ1v) is 10.5. The summed E-state index contributed by atoms with van der Waals surface area (Å²) in [4.78, 5) is 12.5. The van der Waals surface area contributed by atoms with Crippen LogP contribution in [0.25, 0.3) is 0 Å². The van der Waals surface area contributed by atoms with E-state index in [1.54, 1.807) is 18.2 Å². The normalized spacial score (nSPS) is 14.9. The Morgan fingerprint density at radius 1 is 1.11 bits per heavy atom. The molecule has 0 aliphatic heterocycles. The monoisotopic (exact) mass is 390 g/mol. The number of nitrogens with one attached hydrogen (secondary N) is 1. The molecule has 1 N–H and O–H groups in total. The third kappa shape index (κ3) is 4.47. The molecule has 1 aliphatic carbocycles. The van der Waals surface area contributed by atoms with Crippen molar-refractivity contribution in [1.29, 1.82) is 0 Å². The topological polar surface area (TPSA) is 66.5 Å². The summed E-state index contributed by atoms with van der Waals surface area (Å²) < 4.78 is 41.5. The zero-order valence-corrected chi connectivity index (χ0v) is 16.0. The Morgan fingerprint density at radius 3 is 2.37 bits per heavy atom. The third-order valence-corrected chi connectivity index (χ3v) is 6.51. The molecule has 1 amide bonds. The van der Waals surface area contributed by atoms with Gasteiger partial charge in [0.1, 0.15) is 12.4 Å². The van der Waals surface area contributed by atoms with Gasteiger partial charge in [0.25, 0.3) is 10.0 Å². The zero-order chi connectivity index (χ0) is 19.4. The van der Waals surface area contributed by atoms with E-state index in [1.165, 1.54) is 30.3 Å². The molecule has 0 heterocycles. The molecule has 2 aromatic rings. The van der Waals surface area contributed by atoms with E-state index in [-0.39, 0.29) is 16.6 Å². The number of halogens is 1. The maximum atomic E-state index is 14.4. The number of anilines is 1. The van der Waals surface area contributed by atoms with Crippen molar-refractivity contribution in [1.82, 2.24) is 5.32 Å². The highest BCUT2D eigenvalue weighted by Crippen LogP contribution is 2.26. The van der Waals surface area contributed by atoms with Gasteiger partial charge in [0, 0.05) is 6.04 Å². The first-order valence-electron chi connectivity index (χ1n) is 9.01. The number of hydrogen-bond donors (Lipinski definition) is 1. The van der Waals surface area contributed by atoms with Crippen LogP contribution in [-0.4, -0.2) is 26.9 Å². The number of nitrogens with zero attached hydrogens (tertiary/aromatic N) is 1. The maximum Gasteiger partial charge on any atom is 0.264 e. The Hall–Kier alpha value is -2.41. The number of benzene rings is 2. The zero-order valence-electron chi connectivity index (χ0n) is 15.2. The minimum atomic E-state index is -4.09. The Balaban J connectivity index is 1.93. The number of para-hydroxylation sites is 1. The molecular weight excluding hydrogens is 367 g/mol. The van der Waals surface area contributed by atoms with Gasteiger partial charge in [-0.2, -0.15) is 0 Å². The highest BCUT2D eigenvalue weighted by atomic mass is 32.2. The van der Waals surface area contributed by atoms with Crippen LogP contribution < -0.4 is 9.62 Å². The summed E-state index contributed by atoms with van der Waals surface area (Å²) in [5.74, 6) is -1.12. The molecule has 0 aromatic heterocycles. The lowest BCUT2D eigenvalue weighted by Crippen LogP contribution is -2.44. The Bertz CT molecular complexity index is 907. The summed E-state index contributed by atoms with van der Waals surface area (Å²) in [7, 11) is -4.09. The predicted molar refractivity (Wildman–Crippen MR) is 103 cm³/mol. The average molecular weight is 390 g/mol. The van der Waals surface area contributed by atoms with Crippen molar-refractivity contribution in [3.05, 3.63) is 59.9 Å². The molecule has 5 nitrogen and oxygen atoms in total.